The maximum absolute atomic E-state index is 11.8. The molecule has 4 nitrogen and oxygen atoms in total. The van der Waals surface area contributed by atoms with Gasteiger partial charge >= 0.3 is 5.97 Å². The van der Waals surface area contributed by atoms with E-state index >= 15 is 0 Å². The van der Waals surface area contributed by atoms with Crippen molar-refractivity contribution in [1.29, 1.82) is 0 Å². The Balaban J connectivity index is 1.65. The van der Waals surface area contributed by atoms with E-state index in [1.807, 2.05) is 46.9 Å². The van der Waals surface area contributed by atoms with E-state index in [4.69, 9.17) is 9.47 Å². The van der Waals surface area contributed by atoms with Gasteiger partial charge in [0.05, 0.1) is 10.9 Å². The summed E-state index contributed by atoms with van der Waals surface area (Å²) in [6.45, 7) is 3.49. The molecule has 0 fully saturated rings. The van der Waals surface area contributed by atoms with Crippen molar-refractivity contribution in [2.24, 2.45) is 0 Å². The summed E-state index contributed by atoms with van der Waals surface area (Å²) < 4.78 is 10.2. The van der Waals surface area contributed by atoms with Crippen LogP contribution in [-0.2, 0) is 20.4 Å². The quantitative estimate of drug-likeness (QED) is 0.171. The van der Waals surface area contributed by atoms with Crippen molar-refractivity contribution in [3.05, 3.63) is 84.9 Å². The molecule has 31 heavy (non-hydrogen) atoms. The normalized spacial score (nSPS) is 12.4. The minimum absolute atomic E-state index is 0.0530. The molecule has 0 spiro atoms. The van der Waals surface area contributed by atoms with Gasteiger partial charge in [0.25, 0.3) is 0 Å². The molecule has 1 N–H and O–H groups in total. The highest BCUT2D eigenvalue weighted by Gasteiger charge is 2.28. The maximum Gasteiger partial charge on any atom is 0.321 e. The molecule has 1 unspecified atom stereocenters. The predicted molar refractivity (Wildman–Crippen MR) is 132 cm³/mol. The summed E-state index contributed by atoms with van der Waals surface area (Å²) in [6, 6.07) is 28.8. The summed E-state index contributed by atoms with van der Waals surface area (Å²) in [5.74, 6) is 0.304. The Morgan fingerprint density at radius 2 is 1.35 bits per heavy atom. The van der Waals surface area contributed by atoms with E-state index in [2.05, 4.69) is 60.7 Å². The number of aliphatic hydroxyl groups is 1. The Morgan fingerprint density at radius 3 is 1.84 bits per heavy atom. The number of halogens is 1. The third-order valence-electron chi connectivity index (χ3n) is 4.35. The van der Waals surface area contributed by atoms with Crippen molar-refractivity contribution in [2.75, 3.05) is 13.2 Å². The monoisotopic (exact) mass is 549 g/mol. The lowest BCUT2D eigenvalue weighted by Crippen LogP contribution is -2.31. The van der Waals surface area contributed by atoms with Crippen molar-refractivity contribution >= 4 is 39.5 Å². The Hall–Kier alpha value is -2.03. The molecule has 0 bridgehead atoms. The molecule has 6 heteroatoms. The number of hydrogen-bond acceptors (Lipinski definition) is 4. The number of benzene rings is 3. The first-order valence-electron chi connectivity index (χ1n) is 9.96. The van der Waals surface area contributed by atoms with E-state index in [0.717, 1.165) is 0 Å². The summed E-state index contributed by atoms with van der Waals surface area (Å²) in [5.41, 5.74) is 0. The maximum atomic E-state index is 11.8. The Bertz CT molecular complexity index is 917. The zero-order chi connectivity index (χ0) is 22.3. The van der Waals surface area contributed by atoms with Gasteiger partial charge in [0, 0.05) is 0 Å². The summed E-state index contributed by atoms with van der Waals surface area (Å²) in [7, 11) is -0.216. The van der Waals surface area contributed by atoms with E-state index in [1.54, 1.807) is 13.8 Å². The fraction of sp³-hybridized carbons (Fsp3) is 0.240. The summed E-state index contributed by atoms with van der Waals surface area (Å²) in [5, 5.41) is 10.1. The van der Waals surface area contributed by atoms with Gasteiger partial charge < -0.3 is 14.6 Å². The molecule has 1 atom stereocenters. The lowest BCUT2D eigenvalue weighted by atomic mass is 10.2. The zero-order valence-electron chi connectivity index (χ0n) is 17.5. The molecule has 3 aromatic rings. The van der Waals surface area contributed by atoms with Crippen LogP contribution in [0.4, 0.5) is 0 Å². The Labute approximate surface area is 200 Å². The highest BCUT2D eigenvalue weighted by molar-refractivity contribution is 14.1. The third-order valence-corrected chi connectivity index (χ3v) is 7.02. The molecule has 0 aromatic heterocycles. The number of esters is 1. The second kappa shape index (κ2) is 11.0. The van der Waals surface area contributed by atoms with Crippen molar-refractivity contribution in [1.82, 2.24) is 0 Å². The van der Waals surface area contributed by atoms with Crippen LogP contribution in [0.3, 0.4) is 0 Å². The molecule has 3 rings (SSSR count). The zero-order valence-corrected chi connectivity index (χ0v) is 20.5. The molecular weight excluding hydrogens is 523 g/mol. The molecule has 162 valence electrons. The summed E-state index contributed by atoms with van der Waals surface area (Å²) in [4.78, 5) is 15.5. The number of aliphatic hydroxyl groups excluding tert-OH is 1. The smallest absolute Gasteiger partial charge is 0.321 e. The first-order chi connectivity index (χ1) is 14.8. The molecule has 0 amide bonds. The van der Waals surface area contributed by atoms with E-state index in [0.29, 0.717) is 5.75 Å². The molecular formula is C25H26IO4S+. The Morgan fingerprint density at radius 1 is 0.871 bits per heavy atom. The van der Waals surface area contributed by atoms with Gasteiger partial charge in [0.2, 0.25) is 0 Å². The summed E-state index contributed by atoms with van der Waals surface area (Å²) >= 11 is 2.01. The number of rotatable bonds is 9. The lowest BCUT2D eigenvalue weighted by Gasteiger charge is -2.17. The molecule has 0 aliphatic carbocycles. The highest BCUT2D eigenvalue weighted by atomic mass is 127. The van der Waals surface area contributed by atoms with Gasteiger partial charge in [-0.2, -0.15) is 0 Å². The molecule has 0 saturated heterocycles. The Kier molecular flexibility index (Phi) is 8.40. The fourth-order valence-electron chi connectivity index (χ4n) is 2.78. The fourth-order valence-corrected chi connectivity index (χ4v) is 5.02. The average molecular weight is 549 g/mol. The highest BCUT2D eigenvalue weighted by Crippen LogP contribution is 2.31. The molecule has 0 aliphatic rings. The molecule has 0 saturated carbocycles. The van der Waals surface area contributed by atoms with Crippen LogP contribution in [0.15, 0.2) is 99.6 Å². The second-order valence-corrected chi connectivity index (χ2v) is 12.2. The lowest BCUT2D eigenvalue weighted by molar-refractivity contribution is -0.148. The number of ether oxygens (including phenoxy) is 2. The molecule has 3 aromatic carbocycles. The van der Waals surface area contributed by atoms with Gasteiger partial charge in [0.15, 0.2) is 14.7 Å². The van der Waals surface area contributed by atoms with Crippen LogP contribution in [0.5, 0.6) is 5.75 Å². The number of carbonyl (C=O) groups is 1. The van der Waals surface area contributed by atoms with Gasteiger partial charge in [-0.3, -0.25) is 4.79 Å². The average Bonchev–Trinajstić information content (AvgIpc) is 2.78. The minimum atomic E-state index is -0.884. The van der Waals surface area contributed by atoms with Crippen LogP contribution < -0.4 is 4.74 Å². The SMILES string of the molecule is CC(C)(I)C(=O)OCC(O)COc1ccc([S+](c2ccccc2)c2ccccc2)cc1. The van der Waals surface area contributed by atoms with E-state index in [9.17, 15) is 9.90 Å². The van der Waals surface area contributed by atoms with Crippen LogP contribution in [0.25, 0.3) is 0 Å². The predicted octanol–water partition coefficient (Wildman–Crippen LogP) is 5.28. The second-order valence-electron chi connectivity index (χ2n) is 7.44. The largest absolute Gasteiger partial charge is 0.491 e. The third kappa shape index (κ3) is 6.98. The topological polar surface area (TPSA) is 55.8 Å². The first kappa shape index (κ1) is 23.6. The van der Waals surface area contributed by atoms with Gasteiger partial charge in [-0.05, 0) is 62.4 Å². The van der Waals surface area contributed by atoms with Crippen molar-refractivity contribution in [3.8, 4) is 5.75 Å². The van der Waals surface area contributed by atoms with Gasteiger partial charge in [0.1, 0.15) is 28.5 Å². The number of alkyl halides is 1. The van der Waals surface area contributed by atoms with Crippen LogP contribution in [0.2, 0.25) is 0 Å². The van der Waals surface area contributed by atoms with Crippen LogP contribution in [-0.4, -0.2) is 33.8 Å². The molecule has 0 radical (unpaired) electrons. The van der Waals surface area contributed by atoms with Gasteiger partial charge in [-0.1, -0.05) is 59.0 Å². The van der Waals surface area contributed by atoms with Crippen LogP contribution in [0, 0.1) is 0 Å². The van der Waals surface area contributed by atoms with E-state index in [-0.39, 0.29) is 30.1 Å². The minimum Gasteiger partial charge on any atom is -0.491 e. The van der Waals surface area contributed by atoms with Crippen LogP contribution in [0.1, 0.15) is 13.8 Å². The summed E-state index contributed by atoms with van der Waals surface area (Å²) in [6.07, 6.45) is -0.884. The first-order valence-corrected chi connectivity index (χ1v) is 12.3. The van der Waals surface area contributed by atoms with Gasteiger partial charge in [-0.15, -0.1) is 0 Å². The van der Waals surface area contributed by atoms with Crippen molar-refractivity contribution in [2.45, 2.75) is 38.1 Å². The number of carbonyl (C=O) groups excluding carboxylic acids is 1. The molecule has 0 heterocycles. The molecule has 0 aliphatic heterocycles. The van der Waals surface area contributed by atoms with Crippen molar-refractivity contribution < 1.29 is 19.4 Å². The number of hydrogen-bond donors (Lipinski definition) is 1. The standard InChI is InChI=1S/C25H26IO4S/c1-25(2,26)24(28)30-18-19(27)17-29-20-13-15-23(16-14-20)31(21-9-5-3-6-10-21)22-11-7-4-8-12-22/h3-16,19,27H,17-18H2,1-2H3/q+1. The van der Waals surface area contributed by atoms with Crippen LogP contribution >= 0.6 is 22.6 Å². The van der Waals surface area contributed by atoms with E-state index < -0.39 is 9.53 Å². The van der Waals surface area contributed by atoms with E-state index in [1.165, 1.54) is 14.7 Å². The van der Waals surface area contributed by atoms with Gasteiger partial charge in [-0.25, -0.2) is 0 Å². The van der Waals surface area contributed by atoms with Crippen molar-refractivity contribution in [3.63, 3.8) is 0 Å².